The summed E-state index contributed by atoms with van der Waals surface area (Å²) in [6, 6.07) is 10.9. The van der Waals surface area contributed by atoms with Gasteiger partial charge in [-0.3, -0.25) is 4.79 Å². The first kappa shape index (κ1) is 22.0. The maximum atomic E-state index is 11.5. The molecule has 0 fully saturated rings. The van der Waals surface area contributed by atoms with Gasteiger partial charge in [-0.05, 0) is 49.6 Å². The van der Waals surface area contributed by atoms with E-state index in [1.54, 1.807) is 18.2 Å². The van der Waals surface area contributed by atoms with Crippen LogP contribution >= 0.6 is 0 Å². The Labute approximate surface area is 159 Å². The summed E-state index contributed by atoms with van der Waals surface area (Å²) < 4.78 is 10.1. The fraction of sp³-hybridized carbons (Fsp3) is 0.333. The normalized spacial score (nSPS) is 9.93. The second kappa shape index (κ2) is 11.6. The quantitative estimate of drug-likeness (QED) is 0.557. The highest BCUT2D eigenvalue weighted by Gasteiger charge is 2.11. The summed E-state index contributed by atoms with van der Waals surface area (Å²) in [5.41, 5.74) is 0.720. The zero-order valence-corrected chi connectivity index (χ0v) is 15.8. The van der Waals surface area contributed by atoms with Crippen LogP contribution in [0.5, 0.6) is 17.2 Å². The van der Waals surface area contributed by atoms with Gasteiger partial charge in [-0.1, -0.05) is 26.0 Å². The van der Waals surface area contributed by atoms with Crippen LogP contribution in [0.1, 0.15) is 47.9 Å². The third-order valence-corrected chi connectivity index (χ3v) is 3.47. The van der Waals surface area contributed by atoms with Gasteiger partial charge in [0.15, 0.2) is 11.5 Å². The molecule has 0 amide bonds. The summed E-state index contributed by atoms with van der Waals surface area (Å²) in [5, 5.41) is 18.6. The van der Waals surface area contributed by atoms with Crippen molar-refractivity contribution in [1.29, 1.82) is 0 Å². The molecule has 2 rings (SSSR count). The highest BCUT2D eigenvalue weighted by molar-refractivity contribution is 5.92. The van der Waals surface area contributed by atoms with Crippen LogP contribution in [0, 0.1) is 5.92 Å². The molecule has 0 radical (unpaired) electrons. The van der Waals surface area contributed by atoms with Gasteiger partial charge in [-0.2, -0.15) is 0 Å². The number of ether oxygens (including phenoxy) is 2. The van der Waals surface area contributed by atoms with Crippen LogP contribution < -0.4 is 4.74 Å². The van der Waals surface area contributed by atoms with Gasteiger partial charge in [-0.25, -0.2) is 4.79 Å². The number of carbonyl (C=O) groups excluding carboxylic acids is 2. The van der Waals surface area contributed by atoms with Gasteiger partial charge in [0, 0.05) is 5.56 Å². The second-order valence-corrected chi connectivity index (χ2v) is 6.11. The van der Waals surface area contributed by atoms with E-state index in [0.29, 0.717) is 36.7 Å². The Bertz CT molecular complexity index is 739. The molecular weight excluding hydrogens is 348 g/mol. The Morgan fingerprint density at radius 2 is 1.81 bits per heavy atom. The summed E-state index contributed by atoms with van der Waals surface area (Å²) >= 11 is 0. The topological polar surface area (TPSA) is 93.1 Å². The predicted octanol–water partition coefficient (Wildman–Crippen LogP) is 4.20. The van der Waals surface area contributed by atoms with Crippen LogP contribution in [0.4, 0.5) is 0 Å². The molecule has 0 unspecified atom stereocenters. The number of hydrogen-bond acceptors (Lipinski definition) is 6. The van der Waals surface area contributed by atoms with Crippen molar-refractivity contribution in [2.24, 2.45) is 5.92 Å². The smallest absolute Gasteiger partial charge is 0.341 e. The first-order valence-corrected chi connectivity index (χ1v) is 8.75. The van der Waals surface area contributed by atoms with E-state index in [1.807, 2.05) is 6.92 Å². The lowest BCUT2D eigenvalue weighted by Gasteiger charge is -2.07. The van der Waals surface area contributed by atoms with E-state index in [4.69, 9.17) is 9.47 Å². The minimum Gasteiger partial charge on any atom is -0.507 e. The molecule has 0 aliphatic heterocycles. The van der Waals surface area contributed by atoms with Crippen LogP contribution in [0.3, 0.4) is 0 Å². The van der Waals surface area contributed by atoms with E-state index in [-0.39, 0.29) is 17.1 Å². The van der Waals surface area contributed by atoms with E-state index < -0.39 is 5.97 Å². The van der Waals surface area contributed by atoms with E-state index in [2.05, 4.69) is 13.8 Å². The van der Waals surface area contributed by atoms with Gasteiger partial charge in [0.1, 0.15) is 17.6 Å². The van der Waals surface area contributed by atoms with E-state index in [9.17, 15) is 19.8 Å². The zero-order chi connectivity index (χ0) is 20.2. The highest BCUT2D eigenvalue weighted by atomic mass is 16.5. The molecule has 6 heteroatoms. The molecule has 0 saturated carbocycles. The summed E-state index contributed by atoms with van der Waals surface area (Å²) in [6.07, 6.45) is 1.54. The Morgan fingerprint density at radius 1 is 1.11 bits per heavy atom. The lowest BCUT2D eigenvalue weighted by molar-refractivity contribution is 0.0484. The maximum absolute atomic E-state index is 11.5. The molecule has 0 atom stereocenters. The largest absolute Gasteiger partial charge is 0.507 e. The molecule has 0 heterocycles. The van der Waals surface area contributed by atoms with E-state index in [0.717, 1.165) is 6.42 Å². The van der Waals surface area contributed by atoms with Crippen molar-refractivity contribution in [2.45, 2.75) is 27.2 Å². The van der Waals surface area contributed by atoms with Gasteiger partial charge < -0.3 is 19.7 Å². The third-order valence-electron chi connectivity index (χ3n) is 3.47. The maximum Gasteiger partial charge on any atom is 0.341 e. The van der Waals surface area contributed by atoms with E-state index >= 15 is 0 Å². The first-order valence-electron chi connectivity index (χ1n) is 8.75. The molecule has 0 aliphatic rings. The van der Waals surface area contributed by atoms with Crippen LogP contribution in [0.15, 0.2) is 42.5 Å². The molecule has 2 aromatic rings. The number of phenols is 2. The standard InChI is InChI=1S/C12H16O3.C9H10O3/c1-9(2)7-8-15-12(14)10-5-3-4-6-11(10)13;1-2-12-9-5-7(6-10)3-4-8(9)11/h3-6,9,13H,7-8H2,1-2H3;3-6,11H,2H2,1H3. The van der Waals surface area contributed by atoms with Crippen molar-refractivity contribution < 1.29 is 29.3 Å². The van der Waals surface area contributed by atoms with Crippen molar-refractivity contribution in [3.63, 3.8) is 0 Å². The molecule has 146 valence electrons. The lowest BCUT2D eigenvalue weighted by atomic mass is 10.1. The van der Waals surface area contributed by atoms with E-state index in [1.165, 1.54) is 24.3 Å². The van der Waals surface area contributed by atoms with Gasteiger partial charge in [0.25, 0.3) is 0 Å². The third kappa shape index (κ3) is 7.81. The lowest BCUT2D eigenvalue weighted by Crippen LogP contribution is -2.08. The number of aromatic hydroxyl groups is 2. The Balaban J connectivity index is 0.000000277. The number of aldehydes is 1. The zero-order valence-electron chi connectivity index (χ0n) is 15.8. The second-order valence-electron chi connectivity index (χ2n) is 6.11. The van der Waals surface area contributed by atoms with Crippen molar-refractivity contribution in [3.8, 4) is 17.2 Å². The minimum absolute atomic E-state index is 0.0351. The van der Waals surface area contributed by atoms with Crippen molar-refractivity contribution in [3.05, 3.63) is 53.6 Å². The van der Waals surface area contributed by atoms with Crippen LogP contribution in [-0.4, -0.2) is 35.7 Å². The molecule has 0 spiro atoms. The molecule has 6 nitrogen and oxygen atoms in total. The molecule has 2 aromatic carbocycles. The SMILES string of the molecule is CC(C)CCOC(=O)c1ccccc1O.CCOc1cc(C=O)ccc1O. The summed E-state index contributed by atoms with van der Waals surface area (Å²) in [7, 11) is 0. The molecule has 0 aliphatic carbocycles. The Kier molecular flexibility index (Phi) is 9.43. The van der Waals surface area contributed by atoms with Gasteiger partial charge >= 0.3 is 5.97 Å². The molecular formula is C21H26O6. The number of rotatable bonds is 7. The number of esters is 1. The molecule has 0 bridgehead atoms. The fourth-order valence-corrected chi connectivity index (χ4v) is 1.99. The number of carbonyl (C=O) groups is 2. The van der Waals surface area contributed by atoms with Crippen LogP contribution in [0.2, 0.25) is 0 Å². The molecule has 2 N–H and O–H groups in total. The van der Waals surface area contributed by atoms with Crippen LogP contribution in [0.25, 0.3) is 0 Å². The average Bonchev–Trinajstić information content (AvgIpc) is 2.64. The fourth-order valence-electron chi connectivity index (χ4n) is 1.99. The minimum atomic E-state index is -0.464. The number of phenolic OH excluding ortho intramolecular Hbond substituents is 2. The van der Waals surface area contributed by atoms with Crippen molar-refractivity contribution in [2.75, 3.05) is 13.2 Å². The predicted molar refractivity (Wildman–Crippen MR) is 103 cm³/mol. The first-order chi connectivity index (χ1) is 12.9. The van der Waals surface area contributed by atoms with Gasteiger partial charge in [0.2, 0.25) is 0 Å². The monoisotopic (exact) mass is 374 g/mol. The summed E-state index contributed by atoms with van der Waals surface area (Å²) in [6.45, 7) is 6.80. The Morgan fingerprint density at radius 3 is 2.41 bits per heavy atom. The molecule has 27 heavy (non-hydrogen) atoms. The molecule has 0 saturated heterocycles. The van der Waals surface area contributed by atoms with Crippen LogP contribution in [-0.2, 0) is 4.74 Å². The number of benzene rings is 2. The van der Waals surface area contributed by atoms with Gasteiger partial charge in [0.05, 0.1) is 13.2 Å². The van der Waals surface area contributed by atoms with Crippen molar-refractivity contribution in [1.82, 2.24) is 0 Å². The summed E-state index contributed by atoms with van der Waals surface area (Å²) in [5.74, 6) is 0.410. The summed E-state index contributed by atoms with van der Waals surface area (Å²) in [4.78, 5) is 21.8. The van der Waals surface area contributed by atoms with Crippen molar-refractivity contribution >= 4 is 12.3 Å². The Hall–Kier alpha value is -3.02. The highest BCUT2D eigenvalue weighted by Crippen LogP contribution is 2.25. The van der Waals surface area contributed by atoms with Gasteiger partial charge in [-0.15, -0.1) is 0 Å². The average molecular weight is 374 g/mol. The number of para-hydroxylation sites is 1. The molecule has 0 aromatic heterocycles. The number of hydrogen-bond donors (Lipinski definition) is 2.